The Morgan fingerprint density at radius 2 is 1.02 bits per heavy atom. The summed E-state index contributed by atoms with van der Waals surface area (Å²) in [6.07, 6.45) is -8.79. The second-order valence-electron chi connectivity index (χ2n) is 20.8. The summed E-state index contributed by atoms with van der Waals surface area (Å²) in [5, 5.41) is 29.9. The van der Waals surface area contributed by atoms with Gasteiger partial charge in [0.05, 0.1) is 24.7 Å². The van der Waals surface area contributed by atoms with E-state index in [1.807, 2.05) is 13.8 Å². The summed E-state index contributed by atoms with van der Waals surface area (Å²) in [7, 11) is -6.36. The Labute approximate surface area is 620 Å². The van der Waals surface area contributed by atoms with Crippen molar-refractivity contribution in [2.45, 2.75) is 96.9 Å². The van der Waals surface area contributed by atoms with Crippen LogP contribution < -0.4 is 138 Å². The van der Waals surface area contributed by atoms with Gasteiger partial charge in [-0.25, -0.2) is 25.4 Å². The number of alkyl halides is 6. The number of ether oxygens (including phenoxy) is 3. The van der Waals surface area contributed by atoms with E-state index in [2.05, 4.69) is 35.0 Å². The van der Waals surface area contributed by atoms with Crippen LogP contribution >= 0.6 is 0 Å². The number of hydrogen-bond donors (Lipinski definition) is 4. The van der Waals surface area contributed by atoms with E-state index in [4.69, 9.17) is 19.9 Å². The number of aliphatic imine (C=N–C) groups is 2. The van der Waals surface area contributed by atoms with Crippen molar-refractivity contribution in [3.05, 3.63) is 118 Å². The molecule has 2 saturated heterocycles. The Balaban J connectivity index is 0.000000575. The van der Waals surface area contributed by atoms with Gasteiger partial charge < -0.3 is 56.4 Å². The van der Waals surface area contributed by atoms with E-state index in [0.717, 1.165) is 53.6 Å². The number of halogens is 6. The minimum Gasteiger partial charge on any atom is -1.00 e. The van der Waals surface area contributed by atoms with E-state index >= 15 is 0 Å². The molecule has 35 heteroatoms. The topological polar surface area (TPSA) is 333 Å². The number of aliphatic hydroxyl groups is 2. The fourth-order valence-corrected chi connectivity index (χ4v) is 13.2. The maximum atomic E-state index is 13.2. The van der Waals surface area contributed by atoms with Crippen LogP contribution in [0.5, 0.6) is 11.5 Å². The number of amides is 4. The number of aryl methyl sites for hydroxylation is 4. The molecule has 0 radical (unpaired) electrons. The van der Waals surface area contributed by atoms with Crippen molar-refractivity contribution in [2.24, 2.45) is 9.98 Å². The minimum atomic E-state index is -4.87. The van der Waals surface area contributed by atoms with E-state index in [0.29, 0.717) is 11.4 Å². The Kier molecular flexibility index (Phi) is 32.4. The van der Waals surface area contributed by atoms with Crippen LogP contribution in [0.15, 0.2) is 94.9 Å². The Bertz CT molecular complexity index is 3580. The molecule has 93 heavy (non-hydrogen) atoms. The normalized spacial score (nSPS) is 15.9. The van der Waals surface area contributed by atoms with Crippen molar-refractivity contribution in [1.29, 1.82) is 0 Å². The SMILES string of the molecule is CC(=O)N(CCO)c1ccc(CCS(=O)(=O)N2CCC3(CC2)N=C(c2cccc(OC(F)(F)F)c2)NC3=O)c(C)c1.CC(=O)OCCN(C(C)=O)c1ccc(CCS(=O)(=O)N2CCC3(CC2)N=C(c2cccc(OC(F)(F)F)c2)NC3=O)c(C)c1.CO.O=CO[O-].[H-].[K+].[K+]. The summed E-state index contributed by atoms with van der Waals surface area (Å²) in [6.45, 7) is 7.99. The van der Waals surface area contributed by atoms with E-state index in [9.17, 15) is 72.3 Å². The van der Waals surface area contributed by atoms with Gasteiger partial charge in [-0.1, -0.05) is 36.4 Å². The van der Waals surface area contributed by atoms with Crippen molar-refractivity contribution >= 4 is 79.2 Å². The molecule has 0 aliphatic carbocycles. The quantitative estimate of drug-likeness (QED) is 0.0182. The first-order valence-corrected chi connectivity index (χ1v) is 31.1. The van der Waals surface area contributed by atoms with Crippen molar-refractivity contribution in [1.82, 2.24) is 19.2 Å². The summed E-state index contributed by atoms with van der Waals surface area (Å²) in [4.78, 5) is 84.0. The van der Waals surface area contributed by atoms with Gasteiger partial charge in [0.1, 0.15) is 40.9 Å². The Hall–Kier alpha value is -4.81. The number of nitrogens with zero attached hydrogens (tertiary/aromatic N) is 6. The van der Waals surface area contributed by atoms with Crippen LogP contribution in [-0.2, 0) is 71.3 Å². The van der Waals surface area contributed by atoms with Gasteiger partial charge in [-0.2, -0.15) is 0 Å². The second-order valence-corrected chi connectivity index (χ2v) is 25.0. The number of esters is 1. The van der Waals surface area contributed by atoms with Gasteiger partial charge in [-0.15, -0.1) is 26.3 Å². The summed E-state index contributed by atoms with van der Waals surface area (Å²) in [5.74, 6) is -2.76. The van der Waals surface area contributed by atoms with Gasteiger partial charge in [0, 0.05) is 83.1 Å². The zero-order valence-corrected chi connectivity index (χ0v) is 60.1. The molecule has 4 aliphatic rings. The molecule has 4 aromatic carbocycles. The number of aliphatic hydroxyl groups excluding tert-OH is 2. The third-order valence-electron chi connectivity index (χ3n) is 14.8. The number of benzene rings is 4. The van der Waals surface area contributed by atoms with Crippen molar-refractivity contribution in [2.75, 3.05) is 80.9 Å². The summed E-state index contributed by atoms with van der Waals surface area (Å²) >= 11 is 0. The molecule has 0 atom stereocenters. The van der Waals surface area contributed by atoms with Gasteiger partial charge in [0.15, 0.2) is 0 Å². The standard InChI is InChI=1S/C29H33F3N4O7S.C27H31F3N4O6S.CH2O3.CH4O.2K.H/c1-19-17-24(36(20(2)37)14-15-42-21(3)38)8-7-22(19)9-16-44(40,41)35-12-10-28(11-13-35)27(39)33-26(34-28)23-5-4-6-25(18-23)43-29(30,31)32;1-18-16-22(34(13-14-35)19(2)36)7-6-20(18)8-15-41(38,39)33-11-9-26(10-12-33)25(37)31-24(32-26)21-4-3-5-23(17-21)40-27(28,29)30;2-1-4-3;1-2;;;/h4-8,17-18H,9-16H2,1-3H3,(H,33,34,39);3-7,16-17,35H,8-15H2,1-2H3,(H,31,32,37);1,3H;2H,1H3;;;/q;;;;2*+1;-1/p-1. The number of rotatable bonds is 20. The van der Waals surface area contributed by atoms with E-state index < -0.39 is 73.1 Å². The number of anilines is 2. The molecule has 4 amide bonds. The molecule has 2 spiro atoms. The number of piperidine rings is 2. The fourth-order valence-electron chi connectivity index (χ4n) is 10.2. The number of sulfonamides is 2. The van der Waals surface area contributed by atoms with Crippen molar-refractivity contribution < 1.29 is 211 Å². The van der Waals surface area contributed by atoms with E-state index in [1.165, 1.54) is 63.4 Å². The molecule has 4 aromatic rings. The molecule has 4 N–H and O–H groups in total. The zero-order valence-electron chi connectivity index (χ0n) is 53.3. The average Bonchev–Trinajstić information content (AvgIpc) is 1.60. The van der Waals surface area contributed by atoms with Crippen LogP contribution in [0.3, 0.4) is 0 Å². The fraction of sp³-hybridized carbons (Fsp3) is 0.448. The van der Waals surface area contributed by atoms with Crippen LogP contribution in [0.4, 0.5) is 37.7 Å². The van der Waals surface area contributed by atoms with Crippen LogP contribution in [0.1, 0.15) is 81.3 Å². The van der Waals surface area contributed by atoms with Crippen molar-refractivity contribution in [3.63, 3.8) is 0 Å². The maximum absolute atomic E-state index is 13.2. The van der Waals surface area contributed by atoms with Crippen LogP contribution in [-0.4, -0.2) is 178 Å². The minimum absolute atomic E-state index is 0. The number of carbonyl (C=O) groups excluding carboxylic acids is 6. The summed E-state index contributed by atoms with van der Waals surface area (Å²) < 4.78 is 144. The smallest absolute Gasteiger partial charge is 1.00 e. The molecule has 0 bridgehead atoms. The zero-order chi connectivity index (χ0) is 67.7. The predicted molar refractivity (Wildman–Crippen MR) is 316 cm³/mol. The van der Waals surface area contributed by atoms with Crippen LogP contribution in [0, 0.1) is 13.8 Å². The first kappa shape index (κ1) is 82.4. The van der Waals surface area contributed by atoms with Crippen LogP contribution in [0.2, 0.25) is 0 Å². The summed E-state index contributed by atoms with van der Waals surface area (Å²) in [6, 6.07) is 20.8. The molecular formula is C58H70F6K2N8O17S2. The van der Waals surface area contributed by atoms with Gasteiger partial charge in [0.25, 0.3) is 18.3 Å². The Morgan fingerprint density at radius 3 is 1.33 bits per heavy atom. The predicted octanol–water partition coefficient (Wildman–Crippen LogP) is -2.22. The van der Waals surface area contributed by atoms with Gasteiger partial charge in [0.2, 0.25) is 31.9 Å². The number of nitrogens with one attached hydrogen (secondary N) is 2. The summed E-state index contributed by atoms with van der Waals surface area (Å²) in [5.41, 5.74) is 2.49. The van der Waals surface area contributed by atoms with Gasteiger partial charge >= 0.3 is 121 Å². The van der Waals surface area contributed by atoms with Gasteiger partial charge in [-0.05, 0) is 123 Å². The molecule has 0 unspecified atom stereocenters. The maximum Gasteiger partial charge on any atom is 1.00 e. The second kappa shape index (κ2) is 36.5. The molecule has 2 fully saturated rings. The first-order chi connectivity index (χ1) is 42.7. The third kappa shape index (κ3) is 23.8. The number of carbonyl (C=O) groups is 6. The largest absolute Gasteiger partial charge is 1.00 e. The monoisotopic (exact) mass is 1410 g/mol. The van der Waals surface area contributed by atoms with Gasteiger partial charge in [-0.3, -0.25) is 38.8 Å². The van der Waals surface area contributed by atoms with Crippen LogP contribution in [0.25, 0.3) is 0 Å². The van der Waals surface area contributed by atoms with E-state index in [-0.39, 0.29) is 248 Å². The number of hydrogen-bond acceptors (Lipinski definition) is 19. The molecule has 500 valence electrons. The molecular weight excluding hydrogens is 1340 g/mol. The van der Waals surface area contributed by atoms with Crippen molar-refractivity contribution in [3.8, 4) is 11.5 Å². The molecule has 8 rings (SSSR count). The third-order valence-corrected chi connectivity index (χ3v) is 18.6. The molecule has 0 saturated carbocycles. The molecule has 25 nitrogen and oxygen atoms in total. The molecule has 4 aliphatic heterocycles. The molecule has 4 heterocycles. The number of amidine groups is 2. The first-order valence-electron chi connectivity index (χ1n) is 27.9. The molecule has 0 aromatic heterocycles. The van der Waals surface area contributed by atoms with E-state index in [1.54, 1.807) is 36.4 Å². The Morgan fingerprint density at radius 1 is 0.656 bits per heavy atom. The average molecular weight is 1410 g/mol.